The van der Waals surface area contributed by atoms with Gasteiger partial charge in [0.2, 0.25) is 5.91 Å². The molecule has 0 bridgehead atoms. The van der Waals surface area contributed by atoms with Crippen molar-refractivity contribution in [1.82, 2.24) is 4.90 Å². The minimum atomic E-state index is -3.69. The molecule has 0 spiro atoms. The van der Waals surface area contributed by atoms with E-state index in [0.717, 1.165) is 27.8 Å². The molecule has 0 saturated heterocycles. The van der Waals surface area contributed by atoms with Crippen LogP contribution in [0.2, 0.25) is 0 Å². The summed E-state index contributed by atoms with van der Waals surface area (Å²) in [5.41, 5.74) is 4.73. The van der Waals surface area contributed by atoms with Crippen molar-refractivity contribution in [3.05, 3.63) is 58.1 Å². The molecule has 0 fully saturated rings. The number of nitrogens with zero attached hydrogens (tertiary/aromatic N) is 1. The van der Waals surface area contributed by atoms with E-state index in [4.69, 9.17) is 0 Å². The number of amides is 1. The minimum Gasteiger partial charge on any atom is -0.349 e. The smallest absolute Gasteiger partial charge is 0.262 e. The van der Waals surface area contributed by atoms with Crippen LogP contribution in [0, 0.1) is 27.7 Å². The topological polar surface area (TPSA) is 66.5 Å². The fraction of sp³-hybridized carbons (Fsp3) is 0.350. The van der Waals surface area contributed by atoms with Crippen molar-refractivity contribution in [3.63, 3.8) is 0 Å². The van der Waals surface area contributed by atoms with E-state index >= 15 is 0 Å². The second-order valence-corrected chi connectivity index (χ2v) is 8.48. The maximum absolute atomic E-state index is 12.9. The number of anilines is 1. The highest BCUT2D eigenvalue weighted by molar-refractivity contribution is 7.92. The molecule has 2 aromatic carbocycles. The van der Waals surface area contributed by atoms with Gasteiger partial charge in [0.25, 0.3) is 10.0 Å². The largest absolute Gasteiger partial charge is 0.349 e. The average molecular weight is 375 g/mol. The Morgan fingerprint density at radius 3 is 1.92 bits per heavy atom. The van der Waals surface area contributed by atoms with Crippen LogP contribution in [0.3, 0.4) is 0 Å². The molecule has 0 aliphatic heterocycles. The summed E-state index contributed by atoms with van der Waals surface area (Å²) in [6.07, 6.45) is 0.287. The number of carbonyl (C=O) groups is 1. The Hall–Kier alpha value is -2.34. The quantitative estimate of drug-likeness (QED) is 0.873. The molecule has 6 heteroatoms. The van der Waals surface area contributed by atoms with Gasteiger partial charge in [0.05, 0.1) is 11.3 Å². The summed E-state index contributed by atoms with van der Waals surface area (Å²) < 4.78 is 28.5. The summed E-state index contributed by atoms with van der Waals surface area (Å²) in [5, 5.41) is 0. The van der Waals surface area contributed by atoms with Crippen LogP contribution in [0.25, 0.3) is 0 Å². The normalized spacial score (nSPS) is 11.3. The van der Waals surface area contributed by atoms with Gasteiger partial charge in [0.15, 0.2) is 0 Å². The molecule has 5 nitrogen and oxygen atoms in total. The van der Waals surface area contributed by atoms with Gasteiger partial charge in [-0.25, -0.2) is 8.42 Å². The molecule has 0 unspecified atom stereocenters. The summed E-state index contributed by atoms with van der Waals surface area (Å²) in [6.45, 7) is 7.48. The van der Waals surface area contributed by atoms with Crippen molar-refractivity contribution < 1.29 is 13.2 Å². The van der Waals surface area contributed by atoms with Crippen LogP contribution >= 0.6 is 0 Å². The zero-order chi connectivity index (χ0) is 19.6. The van der Waals surface area contributed by atoms with Gasteiger partial charge in [-0.3, -0.25) is 9.52 Å². The number of likely N-dealkylation sites (N-methyl/N-ethyl adjacent to an activating group) is 1. The lowest BCUT2D eigenvalue weighted by Crippen LogP contribution is -2.23. The van der Waals surface area contributed by atoms with Crippen LogP contribution in [-0.2, 0) is 21.2 Å². The fourth-order valence-electron chi connectivity index (χ4n) is 2.81. The van der Waals surface area contributed by atoms with E-state index in [2.05, 4.69) is 4.72 Å². The van der Waals surface area contributed by atoms with Crippen LogP contribution in [0.5, 0.6) is 0 Å². The maximum Gasteiger partial charge on any atom is 0.262 e. The summed E-state index contributed by atoms with van der Waals surface area (Å²) in [7, 11) is -0.279. The number of nitrogens with one attached hydrogen (secondary N) is 1. The maximum atomic E-state index is 12.9. The highest BCUT2D eigenvalue weighted by Gasteiger charge is 2.22. The number of aryl methyl sites for hydroxylation is 2. The Morgan fingerprint density at radius 2 is 1.46 bits per heavy atom. The number of hydrogen-bond donors (Lipinski definition) is 1. The van der Waals surface area contributed by atoms with Gasteiger partial charge in [-0.15, -0.1) is 0 Å². The number of sulfonamides is 1. The van der Waals surface area contributed by atoms with E-state index < -0.39 is 10.0 Å². The molecule has 1 amide bonds. The number of benzene rings is 2. The number of carbonyl (C=O) groups excluding carboxylic acids is 1. The molecule has 140 valence electrons. The molecule has 0 atom stereocenters. The molecule has 0 aliphatic rings. The predicted octanol–water partition coefficient (Wildman–Crippen LogP) is 3.35. The van der Waals surface area contributed by atoms with Gasteiger partial charge < -0.3 is 4.90 Å². The second-order valence-electron chi connectivity index (χ2n) is 6.86. The summed E-state index contributed by atoms with van der Waals surface area (Å²) in [4.78, 5) is 13.6. The molecule has 0 radical (unpaired) electrons. The zero-order valence-corrected chi connectivity index (χ0v) is 17.0. The lowest BCUT2D eigenvalue weighted by molar-refractivity contribution is -0.127. The summed E-state index contributed by atoms with van der Waals surface area (Å²) in [6, 6.07) is 8.90. The van der Waals surface area contributed by atoms with Crippen molar-refractivity contribution in [2.75, 3.05) is 18.8 Å². The number of rotatable bonds is 5. The summed E-state index contributed by atoms with van der Waals surface area (Å²) >= 11 is 0. The highest BCUT2D eigenvalue weighted by atomic mass is 32.2. The Balaban J connectivity index is 2.30. The Morgan fingerprint density at radius 1 is 0.962 bits per heavy atom. The standard InChI is InChI=1S/C20H26N2O3S/c1-13-11-14(2)16(4)20(15(13)3)26(24,25)21-18-9-7-17(8-10-18)12-19(23)22(5)6/h7-11,21H,12H2,1-6H3. The van der Waals surface area contributed by atoms with Gasteiger partial charge in [-0.05, 0) is 67.6 Å². The molecule has 1 N–H and O–H groups in total. The van der Waals surface area contributed by atoms with E-state index in [9.17, 15) is 13.2 Å². The van der Waals surface area contributed by atoms with Crippen molar-refractivity contribution in [3.8, 4) is 0 Å². The molecular weight excluding hydrogens is 348 g/mol. The Labute approximate surface area is 156 Å². The van der Waals surface area contributed by atoms with Crippen LogP contribution in [0.15, 0.2) is 35.2 Å². The first-order chi connectivity index (χ1) is 12.0. The van der Waals surface area contributed by atoms with Crippen LogP contribution < -0.4 is 4.72 Å². The van der Waals surface area contributed by atoms with Crippen LogP contribution in [0.1, 0.15) is 27.8 Å². The minimum absolute atomic E-state index is 0.000170. The van der Waals surface area contributed by atoms with Crippen molar-refractivity contribution >= 4 is 21.6 Å². The van der Waals surface area contributed by atoms with Gasteiger partial charge >= 0.3 is 0 Å². The molecule has 0 heterocycles. The van der Waals surface area contributed by atoms with Crippen LogP contribution in [0.4, 0.5) is 5.69 Å². The van der Waals surface area contributed by atoms with E-state index in [1.807, 2.05) is 33.8 Å². The highest BCUT2D eigenvalue weighted by Crippen LogP contribution is 2.28. The first-order valence-corrected chi connectivity index (χ1v) is 9.90. The Kier molecular flexibility index (Phi) is 5.76. The number of hydrogen-bond acceptors (Lipinski definition) is 3. The van der Waals surface area contributed by atoms with E-state index in [1.165, 1.54) is 4.90 Å². The Bertz CT molecular complexity index is 904. The van der Waals surface area contributed by atoms with E-state index in [0.29, 0.717) is 10.6 Å². The van der Waals surface area contributed by atoms with Crippen LogP contribution in [-0.4, -0.2) is 33.3 Å². The third-order valence-electron chi connectivity index (χ3n) is 4.63. The van der Waals surface area contributed by atoms with E-state index in [1.54, 1.807) is 38.4 Å². The lowest BCUT2D eigenvalue weighted by Gasteiger charge is -2.17. The van der Waals surface area contributed by atoms with Gasteiger partial charge in [0.1, 0.15) is 0 Å². The SMILES string of the molecule is Cc1cc(C)c(C)c(S(=O)(=O)Nc2ccc(CC(=O)N(C)C)cc2)c1C. The van der Waals surface area contributed by atoms with Gasteiger partial charge in [0, 0.05) is 19.8 Å². The third kappa shape index (κ3) is 4.25. The summed E-state index contributed by atoms with van der Waals surface area (Å²) in [5.74, 6) is -0.000170. The van der Waals surface area contributed by atoms with Crippen molar-refractivity contribution in [2.24, 2.45) is 0 Å². The van der Waals surface area contributed by atoms with E-state index in [-0.39, 0.29) is 12.3 Å². The molecular formula is C20H26N2O3S. The zero-order valence-electron chi connectivity index (χ0n) is 16.2. The molecule has 2 aromatic rings. The lowest BCUT2D eigenvalue weighted by atomic mass is 10.0. The average Bonchev–Trinajstić information content (AvgIpc) is 2.54. The first-order valence-electron chi connectivity index (χ1n) is 8.42. The van der Waals surface area contributed by atoms with Crippen molar-refractivity contribution in [1.29, 1.82) is 0 Å². The molecule has 26 heavy (non-hydrogen) atoms. The van der Waals surface area contributed by atoms with Gasteiger partial charge in [-0.2, -0.15) is 0 Å². The molecule has 0 aromatic heterocycles. The van der Waals surface area contributed by atoms with Gasteiger partial charge in [-0.1, -0.05) is 18.2 Å². The third-order valence-corrected chi connectivity index (χ3v) is 6.28. The fourth-order valence-corrected chi connectivity index (χ4v) is 4.49. The first kappa shape index (κ1) is 20.0. The monoisotopic (exact) mass is 374 g/mol. The predicted molar refractivity (Wildman–Crippen MR) is 105 cm³/mol. The second kappa shape index (κ2) is 7.50. The molecule has 0 saturated carbocycles. The molecule has 2 rings (SSSR count). The molecule has 0 aliphatic carbocycles. The van der Waals surface area contributed by atoms with Crippen molar-refractivity contribution in [2.45, 2.75) is 39.0 Å².